The largest absolute Gasteiger partial charge is 0.497 e. The summed E-state index contributed by atoms with van der Waals surface area (Å²) in [5.74, 6) is 0.880. The molecule has 0 aliphatic carbocycles. The molecule has 2 amide bonds. The van der Waals surface area contributed by atoms with Gasteiger partial charge >= 0.3 is 0 Å². The molecular weight excluding hydrogens is 463 g/mol. The predicted molar refractivity (Wildman–Crippen MR) is 135 cm³/mol. The average molecular weight is 495 g/mol. The van der Waals surface area contributed by atoms with Crippen LogP contribution in [0.2, 0.25) is 0 Å². The van der Waals surface area contributed by atoms with Crippen LogP contribution >= 0.6 is 0 Å². The first kappa shape index (κ1) is 26.5. The Balaban J connectivity index is 1.76. The van der Waals surface area contributed by atoms with Crippen LogP contribution in [0, 0.1) is 5.82 Å². The van der Waals surface area contributed by atoms with Crippen molar-refractivity contribution in [3.05, 3.63) is 89.2 Å². The van der Waals surface area contributed by atoms with Crippen LogP contribution in [-0.2, 0) is 29.1 Å². The molecule has 1 atom stereocenters. The minimum absolute atomic E-state index is 0.0532. The molecule has 7 nitrogen and oxygen atoms in total. The van der Waals surface area contributed by atoms with Crippen molar-refractivity contribution in [2.75, 3.05) is 21.3 Å². The smallest absolute Gasteiger partial charge is 0.242 e. The number of carbonyl (C=O) groups is 2. The van der Waals surface area contributed by atoms with Gasteiger partial charge in [0.05, 0.1) is 27.8 Å². The number of hydrogen-bond acceptors (Lipinski definition) is 5. The molecular formula is C28H31FN2O5. The quantitative estimate of drug-likeness (QED) is 0.434. The van der Waals surface area contributed by atoms with Gasteiger partial charge in [-0.2, -0.15) is 0 Å². The van der Waals surface area contributed by atoms with E-state index in [0.717, 1.165) is 11.3 Å². The van der Waals surface area contributed by atoms with Crippen LogP contribution in [0.5, 0.6) is 17.2 Å². The normalized spacial score (nSPS) is 11.4. The maximum atomic E-state index is 13.4. The van der Waals surface area contributed by atoms with E-state index in [1.54, 1.807) is 51.5 Å². The third-order valence-electron chi connectivity index (χ3n) is 5.86. The molecule has 0 radical (unpaired) electrons. The number of ether oxygens (including phenoxy) is 3. The Morgan fingerprint density at radius 2 is 1.44 bits per heavy atom. The van der Waals surface area contributed by atoms with Crippen molar-refractivity contribution in [3.63, 3.8) is 0 Å². The summed E-state index contributed by atoms with van der Waals surface area (Å²) in [7, 11) is 4.66. The number of rotatable bonds is 11. The number of hydrogen-bond donors (Lipinski definition) is 1. The zero-order chi connectivity index (χ0) is 26.1. The molecule has 0 saturated carbocycles. The van der Waals surface area contributed by atoms with Gasteiger partial charge in [0.15, 0.2) is 11.5 Å². The monoisotopic (exact) mass is 494 g/mol. The van der Waals surface area contributed by atoms with E-state index in [2.05, 4.69) is 5.32 Å². The van der Waals surface area contributed by atoms with Gasteiger partial charge in [0.1, 0.15) is 17.6 Å². The first-order chi connectivity index (χ1) is 17.3. The van der Waals surface area contributed by atoms with Crippen LogP contribution in [0.15, 0.2) is 66.7 Å². The van der Waals surface area contributed by atoms with Crippen LogP contribution < -0.4 is 19.5 Å². The lowest BCUT2D eigenvalue weighted by atomic mass is 10.1. The molecule has 190 valence electrons. The Bertz CT molecular complexity index is 1170. The molecule has 0 bridgehead atoms. The maximum Gasteiger partial charge on any atom is 0.242 e. The second-order valence-electron chi connectivity index (χ2n) is 8.26. The van der Waals surface area contributed by atoms with E-state index < -0.39 is 6.04 Å². The Morgan fingerprint density at radius 1 is 0.833 bits per heavy atom. The van der Waals surface area contributed by atoms with E-state index in [1.807, 2.05) is 24.3 Å². The highest BCUT2D eigenvalue weighted by Gasteiger charge is 2.26. The summed E-state index contributed by atoms with van der Waals surface area (Å²) in [6.45, 7) is 2.14. The molecule has 0 aromatic heterocycles. The van der Waals surface area contributed by atoms with Crippen LogP contribution in [0.4, 0.5) is 4.39 Å². The number of nitrogens with zero attached hydrogens (tertiary/aromatic N) is 1. The van der Waals surface area contributed by atoms with Crippen molar-refractivity contribution in [1.82, 2.24) is 10.2 Å². The summed E-state index contributed by atoms with van der Waals surface area (Å²) in [5, 5.41) is 2.89. The fourth-order valence-corrected chi connectivity index (χ4v) is 3.72. The van der Waals surface area contributed by atoms with E-state index in [-0.39, 0.29) is 30.6 Å². The summed E-state index contributed by atoms with van der Waals surface area (Å²) < 4.78 is 29.2. The van der Waals surface area contributed by atoms with Gasteiger partial charge < -0.3 is 24.4 Å². The third-order valence-corrected chi connectivity index (χ3v) is 5.86. The Labute approximate surface area is 210 Å². The molecule has 8 heteroatoms. The van der Waals surface area contributed by atoms with Gasteiger partial charge in [-0.1, -0.05) is 30.3 Å². The number of methoxy groups -OCH3 is 3. The average Bonchev–Trinajstić information content (AvgIpc) is 2.91. The van der Waals surface area contributed by atoms with Gasteiger partial charge in [-0.15, -0.1) is 0 Å². The highest BCUT2D eigenvalue weighted by molar-refractivity contribution is 5.88. The van der Waals surface area contributed by atoms with Crippen LogP contribution in [-0.4, -0.2) is 44.1 Å². The van der Waals surface area contributed by atoms with E-state index in [9.17, 15) is 14.0 Å². The minimum atomic E-state index is -0.763. The van der Waals surface area contributed by atoms with Crippen molar-refractivity contribution in [2.24, 2.45) is 0 Å². The highest BCUT2D eigenvalue weighted by Crippen LogP contribution is 2.28. The van der Waals surface area contributed by atoms with Crippen LogP contribution in [0.1, 0.15) is 23.6 Å². The second kappa shape index (κ2) is 12.6. The first-order valence-corrected chi connectivity index (χ1v) is 11.5. The summed E-state index contributed by atoms with van der Waals surface area (Å²) in [4.78, 5) is 27.9. The fourth-order valence-electron chi connectivity index (χ4n) is 3.72. The Hall–Kier alpha value is -4.07. The molecule has 3 rings (SSSR count). The van der Waals surface area contributed by atoms with Gasteiger partial charge in [0.2, 0.25) is 11.8 Å². The van der Waals surface area contributed by atoms with E-state index >= 15 is 0 Å². The standard InChI is InChI=1S/C28H31FN2O5/c1-19(28(33)30-17-20-7-12-24(34-2)13-8-20)31(18-21-5-10-23(29)11-6-21)27(32)16-22-9-14-25(35-3)26(15-22)36-4/h5-15,19H,16-18H2,1-4H3,(H,30,33). The molecule has 3 aromatic carbocycles. The van der Waals surface area contributed by atoms with Crippen molar-refractivity contribution < 1.29 is 28.2 Å². The third kappa shape index (κ3) is 6.97. The molecule has 0 fully saturated rings. The lowest BCUT2D eigenvalue weighted by Crippen LogP contribution is -2.48. The SMILES string of the molecule is COc1ccc(CNC(=O)C(C)N(Cc2ccc(F)cc2)C(=O)Cc2ccc(OC)c(OC)c2)cc1. The summed E-state index contributed by atoms with van der Waals surface area (Å²) in [6.07, 6.45) is 0.0532. The molecule has 0 aliphatic rings. The van der Waals surface area contributed by atoms with Crippen LogP contribution in [0.25, 0.3) is 0 Å². The van der Waals surface area contributed by atoms with Gasteiger partial charge in [-0.3, -0.25) is 9.59 Å². The fraction of sp³-hybridized carbons (Fsp3) is 0.286. The predicted octanol–water partition coefficient (Wildman–Crippen LogP) is 4.13. The first-order valence-electron chi connectivity index (χ1n) is 11.5. The molecule has 1 unspecified atom stereocenters. The summed E-state index contributed by atoms with van der Waals surface area (Å²) in [5.41, 5.74) is 2.33. The second-order valence-corrected chi connectivity index (χ2v) is 8.26. The van der Waals surface area contributed by atoms with Crippen molar-refractivity contribution in [1.29, 1.82) is 0 Å². The zero-order valence-corrected chi connectivity index (χ0v) is 20.9. The minimum Gasteiger partial charge on any atom is -0.497 e. The van der Waals surface area contributed by atoms with Crippen molar-refractivity contribution >= 4 is 11.8 Å². The van der Waals surface area contributed by atoms with E-state index in [4.69, 9.17) is 14.2 Å². The molecule has 0 heterocycles. The lowest BCUT2D eigenvalue weighted by molar-refractivity contribution is -0.140. The van der Waals surface area contributed by atoms with Crippen molar-refractivity contribution in [2.45, 2.75) is 32.5 Å². The number of nitrogens with one attached hydrogen (secondary N) is 1. The van der Waals surface area contributed by atoms with Gasteiger partial charge in [0.25, 0.3) is 0 Å². The summed E-state index contributed by atoms with van der Waals surface area (Å²) >= 11 is 0. The molecule has 0 aliphatic heterocycles. The highest BCUT2D eigenvalue weighted by atomic mass is 19.1. The van der Waals surface area contributed by atoms with E-state index in [1.165, 1.54) is 24.1 Å². The topological polar surface area (TPSA) is 77.1 Å². The zero-order valence-electron chi connectivity index (χ0n) is 20.9. The van der Waals surface area contributed by atoms with E-state index in [0.29, 0.717) is 29.2 Å². The van der Waals surface area contributed by atoms with Gasteiger partial charge in [-0.25, -0.2) is 4.39 Å². The number of amides is 2. The van der Waals surface area contributed by atoms with Gasteiger partial charge in [-0.05, 0) is 60.0 Å². The molecule has 36 heavy (non-hydrogen) atoms. The number of carbonyl (C=O) groups excluding carboxylic acids is 2. The molecule has 1 N–H and O–H groups in total. The molecule has 0 spiro atoms. The lowest BCUT2D eigenvalue weighted by Gasteiger charge is -2.29. The number of benzene rings is 3. The maximum absolute atomic E-state index is 13.4. The number of halogens is 1. The molecule has 0 saturated heterocycles. The Kier molecular flexibility index (Phi) is 9.27. The Morgan fingerprint density at radius 3 is 2.06 bits per heavy atom. The van der Waals surface area contributed by atoms with Gasteiger partial charge in [0, 0.05) is 13.1 Å². The summed E-state index contributed by atoms with van der Waals surface area (Å²) in [6, 6.07) is 17.7. The van der Waals surface area contributed by atoms with Crippen molar-refractivity contribution in [3.8, 4) is 17.2 Å². The molecule has 3 aromatic rings. The van der Waals surface area contributed by atoms with Crippen LogP contribution in [0.3, 0.4) is 0 Å².